The second kappa shape index (κ2) is 5.03. The van der Waals surface area contributed by atoms with Crippen molar-refractivity contribution in [2.75, 3.05) is 0 Å². The zero-order valence-electron chi connectivity index (χ0n) is 16.8. The van der Waals surface area contributed by atoms with Gasteiger partial charge in [0.1, 0.15) is 0 Å². The van der Waals surface area contributed by atoms with E-state index in [1.807, 2.05) is 13.8 Å². The van der Waals surface area contributed by atoms with Crippen molar-refractivity contribution < 1.29 is 0 Å². The molecule has 26 heavy (non-hydrogen) atoms. The second-order valence-electron chi connectivity index (χ2n) is 7.91. The van der Waals surface area contributed by atoms with Gasteiger partial charge in [-0.2, -0.15) is 0 Å². The van der Waals surface area contributed by atoms with Crippen molar-refractivity contribution in [2.24, 2.45) is 0 Å². The zero-order valence-corrected chi connectivity index (χ0v) is 16.8. The van der Waals surface area contributed by atoms with E-state index in [1.54, 1.807) is 0 Å². The van der Waals surface area contributed by atoms with Crippen molar-refractivity contribution in [3.63, 3.8) is 0 Å². The van der Waals surface area contributed by atoms with Crippen molar-refractivity contribution >= 4 is 32.3 Å². The standard InChI is InChI=1S/C24H24O2/c1-9-11(3)17-15(7)16(8)18-12(4)10(2)14(6)20-22(18)21(17)19(13(9)5)23(25)24(20)26/h1-8H3. The zero-order chi connectivity index (χ0) is 19.2. The molecule has 0 saturated heterocycles. The average molecular weight is 344 g/mol. The Kier molecular flexibility index (Phi) is 3.28. The van der Waals surface area contributed by atoms with E-state index in [0.29, 0.717) is 10.8 Å². The SMILES string of the molecule is Cc1c(C)c2c(C)c(C)c3c(C)c(C)c(C)c4c(=O)c(=O)c(c1C)c2c34. The Morgan fingerprint density at radius 3 is 0.846 bits per heavy atom. The summed E-state index contributed by atoms with van der Waals surface area (Å²) in [7, 11) is 0. The minimum absolute atomic E-state index is 0.348. The first-order chi connectivity index (χ1) is 12.1. The number of hydrogen-bond acceptors (Lipinski definition) is 2. The van der Waals surface area contributed by atoms with Crippen LogP contribution in [0.3, 0.4) is 0 Å². The molecule has 0 unspecified atom stereocenters. The summed E-state index contributed by atoms with van der Waals surface area (Å²) in [5, 5.41) is 5.53. The summed E-state index contributed by atoms with van der Waals surface area (Å²) in [5.41, 5.74) is 8.28. The Hall–Kier alpha value is -2.48. The molecule has 4 rings (SSSR count). The van der Waals surface area contributed by atoms with E-state index in [-0.39, 0.29) is 10.9 Å². The Balaban J connectivity index is 2.68. The van der Waals surface area contributed by atoms with Crippen molar-refractivity contribution in [2.45, 2.75) is 55.4 Å². The van der Waals surface area contributed by atoms with Crippen LogP contribution >= 0.6 is 0 Å². The van der Waals surface area contributed by atoms with Crippen LogP contribution in [0.25, 0.3) is 32.3 Å². The summed E-state index contributed by atoms with van der Waals surface area (Å²) in [5.74, 6) is 0. The molecule has 0 aliphatic carbocycles. The van der Waals surface area contributed by atoms with Gasteiger partial charge in [-0.1, -0.05) is 0 Å². The molecule has 132 valence electrons. The highest BCUT2D eigenvalue weighted by Crippen LogP contribution is 2.43. The molecule has 0 radical (unpaired) electrons. The molecule has 0 aromatic heterocycles. The topological polar surface area (TPSA) is 34.1 Å². The summed E-state index contributed by atoms with van der Waals surface area (Å²) >= 11 is 0. The number of rotatable bonds is 0. The maximum absolute atomic E-state index is 13.1. The maximum Gasteiger partial charge on any atom is 0.234 e. The van der Waals surface area contributed by atoms with Crippen LogP contribution in [-0.4, -0.2) is 0 Å². The van der Waals surface area contributed by atoms with Gasteiger partial charge in [-0.3, -0.25) is 9.59 Å². The molecule has 2 nitrogen and oxygen atoms in total. The second-order valence-corrected chi connectivity index (χ2v) is 7.91. The molecule has 0 aliphatic heterocycles. The van der Waals surface area contributed by atoms with E-state index in [4.69, 9.17) is 0 Å². The third kappa shape index (κ3) is 1.68. The molecule has 0 bridgehead atoms. The van der Waals surface area contributed by atoms with Crippen LogP contribution in [0, 0.1) is 55.4 Å². The number of benzene rings is 4. The van der Waals surface area contributed by atoms with Gasteiger partial charge in [0.15, 0.2) is 0 Å². The van der Waals surface area contributed by atoms with Gasteiger partial charge in [0, 0.05) is 21.5 Å². The summed E-state index contributed by atoms with van der Waals surface area (Å²) in [6, 6.07) is 0. The predicted octanol–water partition coefficient (Wildman–Crippen LogP) is 5.21. The largest absolute Gasteiger partial charge is 0.285 e. The normalized spacial score (nSPS) is 12.2. The van der Waals surface area contributed by atoms with E-state index in [2.05, 4.69) is 41.5 Å². The third-order valence-corrected chi connectivity index (χ3v) is 6.97. The molecule has 4 aromatic rings. The van der Waals surface area contributed by atoms with Crippen LogP contribution in [0.15, 0.2) is 9.59 Å². The quantitative estimate of drug-likeness (QED) is 0.324. The maximum atomic E-state index is 13.1. The summed E-state index contributed by atoms with van der Waals surface area (Å²) < 4.78 is 0. The third-order valence-electron chi connectivity index (χ3n) is 6.97. The molecule has 0 N–H and O–H groups in total. The number of hydrogen-bond donors (Lipinski definition) is 0. The molecule has 0 atom stereocenters. The van der Waals surface area contributed by atoms with Crippen LogP contribution in [0.5, 0.6) is 0 Å². The van der Waals surface area contributed by atoms with E-state index in [9.17, 15) is 9.59 Å². The highest BCUT2D eigenvalue weighted by atomic mass is 16.2. The molecular weight excluding hydrogens is 320 g/mol. The molecule has 0 amide bonds. The fraction of sp³-hybridized carbons (Fsp3) is 0.333. The van der Waals surface area contributed by atoms with Crippen LogP contribution < -0.4 is 10.9 Å². The van der Waals surface area contributed by atoms with E-state index in [0.717, 1.165) is 43.8 Å². The van der Waals surface area contributed by atoms with Crippen LogP contribution in [-0.2, 0) is 0 Å². The van der Waals surface area contributed by atoms with Gasteiger partial charge in [0.2, 0.25) is 10.9 Å². The van der Waals surface area contributed by atoms with Crippen molar-refractivity contribution in [1.29, 1.82) is 0 Å². The van der Waals surface area contributed by atoms with Crippen LogP contribution in [0.4, 0.5) is 0 Å². The van der Waals surface area contributed by atoms with Gasteiger partial charge >= 0.3 is 0 Å². The van der Waals surface area contributed by atoms with Gasteiger partial charge in [-0.15, -0.1) is 0 Å². The van der Waals surface area contributed by atoms with Crippen molar-refractivity contribution in [3.8, 4) is 0 Å². The van der Waals surface area contributed by atoms with Gasteiger partial charge in [-0.05, 0) is 111 Å². The van der Waals surface area contributed by atoms with Crippen LogP contribution in [0.1, 0.15) is 44.5 Å². The fourth-order valence-electron chi connectivity index (χ4n) is 4.92. The highest BCUT2D eigenvalue weighted by Gasteiger charge is 2.25. The molecule has 0 spiro atoms. The Bertz CT molecular complexity index is 1270. The smallest absolute Gasteiger partial charge is 0.234 e. The van der Waals surface area contributed by atoms with E-state index >= 15 is 0 Å². The van der Waals surface area contributed by atoms with Gasteiger partial charge < -0.3 is 0 Å². The lowest BCUT2D eigenvalue weighted by Gasteiger charge is -2.23. The predicted molar refractivity (Wildman–Crippen MR) is 112 cm³/mol. The first-order valence-electron chi connectivity index (χ1n) is 9.16. The Labute approximate surface area is 153 Å². The van der Waals surface area contributed by atoms with Crippen molar-refractivity contribution in [1.82, 2.24) is 0 Å². The van der Waals surface area contributed by atoms with E-state index < -0.39 is 0 Å². The van der Waals surface area contributed by atoms with Gasteiger partial charge in [0.25, 0.3) is 0 Å². The highest BCUT2D eigenvalue weighted by molar-refractivity contribution is 6.27. The van der Waals surface area contributed by atoms with Crippen molar-refractivity contribution in [3.05, 3.63) is 65.0 Å². The summed E-state index contributed by atoms with van der Waals surface area (Å²) in [6.45, 7) is 16.6. The average Bonchev–Trinajstić information content (AvgIpc) is 2.60. The summed E-state index contributed by atoms with van der Waals surface area (Å²) in [4.78, 5) is 26.2. The molecule has 2 heteroatoms. The first kappa shape index (κ1) is 17.0. The number of aryl methyl sites for hydroxylation is 6. The minimum atomic E-state index is -0.348. The lowest BCUT2D eigenvalue weighted by atomic mass is 9.79. The molecule has 0 fully saturated rings. The van der Waals surface area contributed by atoms with Crippen LogP contribution in [0.2, 0.25) is 0 Å². The lowest BCUT2D eigenvalue weighted by molar-refractivity contribution is 1.27. The molecule has 4 aromatic carbocycles. The molecule has 0 saturated carbocycles. The summed E-state index contributed by atoms with van der Waals surface area (Å²) in [6.07, 6.45) is 0. The molecule has 0 heterocycles. The fourth-order valence-corrected chi connectivity index (χ4v) is 4.92. The molecule has 0 aliphatic rings. The van der Waals surface area contributed by atoms with Gasteiger partial charge in [-0.25, -0.2) is 0 Å². The monoisotopic (exact) mass is 344 g/mol. The van der Waals surface area contributed by atoms with E-state index in [1.165, 1.54) is 22.3 Å². The van der Waals surface area contributed by atoms with Gasteiger partial charge in [0.05, 0.1) is 0 Å². The minimum Gasteiger partial charge on any atom is -0.285 e. The lowest BCUT2D eigenvalue weighted by Crippen LogP contribution is -2.26. The molecular formula is C24H24O2. The first-order valence-corrected chi connectivity index (χ1v) is 9.16. The Morgan fingerprint density at radius 2 is 0.538 bits per heavy atom. The Morgan fingerprint density at radius 1 is 0.308 bits per heavy atom.